The number of aromatic nitrogens is 1. The van der Waals surface area contributed by atoms with E-state index in [1.54, 1.807) is 23.1 Å². The van der Waals surface area contributed by atoms with Crippen molar-refractivity contribution >= 4 is 53.0 Å². The quantitative estimate of drug-likeness (QED) is 0.168. The molecular formula is C17H31IN4OS2. The molecular weight excluding hydrogens is 467 g/mol. The lowest BCUT2D eigenvalue weighted by molar-refractivity contribution is 0.00716. The van der Waals surface area contributed by atoms with Crippen molar-refractivity contribution < 1.29 is 5.11 Å². The van der Waals surface area contributed by atoms with Crippen molar-refractivity contribution in [3.05, 3.63) is 11.6 Å². The average Bonchev–Trinajstić information content (AvgIpc) is 3.08. The monoisotopic (exact) mass is 498 g/mol. The Morgan fingerprint density at radius 3 is 3.00 bits per heavy atom. The molecule has 2 unspecified atom stereocenters. The van der Waals surface area contributed by atoms with Crippen molar-refractivity contribution in [2.75, 3.05) is 25.4 Å². The van der Waals surface area contributed by atoms with Crippen molar-refractivity contribution in [1.82, 2.24) is 15.6 Å². The first-order valence-electron chi connectivity index (χ1n) is 8.86. The largest absolute Gasteiger partial charge is 0.392 e. The highest BCUT2D eigenvalue weighted by Crippen LogP contribution is 2.36. The molecule has 0 amide bonds. The summed E-state index contributed by atoms with van der Waals surface area (Å²) in [4.78, 5) is 9.00. The molecule has 0 radical (unpaired) electrons. The highest BCUT2D eigenvalue weighted by molar-refractivity contribution is 14.0. The number of thiazole rings is 1. The molecule has 8 heteroatoms. The van der Waals surface area contributed by atoms with E-state index in [-0.39, 0.29) is 35.5 Å². The van der Waals surface area contributed by atoms with Crippen LogP contribution in [-0.2, 0) is 0 Å². The fraction of sp³-hybridized carbons (Fsp3) is 0.765. The second-order valence-corrected chi connectivity index (χ2v) is 8.77. The van der Waals surface area contributed by atoms with Crippen LogP contribution in [0, 0.1) is 5.41 Å². The van der Waals surface area contributed by atoms with E-state index in [0.717, 1.165) is 54.8 Å². The van der Waals surface area contributed by atoms with Gasteiger partial charge in [-0.25, -0.2) is 4.98 Å². The first-order chi connectivity index (χ1) is 11.6. The van der Waals surface area contributed by atoms with Gasteiger partial charge in [0.2, 0.25) is 0 Å². The first-order valence-corrected chi connectivity index (χ1v) is 10.7. The molecule has 0 aromatic carbocycles. The third-order valence-corrected chi connectivity index (χ3v) is 6.52. The molecule has 3 N–H and O–H groups in total. The van der Waals surface area contributed by atoms with Crippen LogP contribution in [0.4, 0.5) is 0 Å². The summed E-state index contributed by atoms with van der Waals surface area (Å²) in [6.07, 6.45) is 6.98. The van der Waals surface area contributed by atoms with Gasteiger partial charge in [0.15, 0.2) is 5.96 Å². The Morgan fingerprint density at radius 1 is 1.48 bits per heavy atom. The third kappa shape index (κ3) is 8.01. The Balaban J connectivity index is 0.00000312. The molecule has 2 atom stereocenters. The van der Waals surface area contributed by atoms with Gasteiger partial charge in [0.1, 0.15) is 4.34 Å². The zero-order chi connectivity index (χ0) is 17.3. The van der Waals surface area contributed by atoms with Gasteiger partial charge in [-0.15, -0.1) is 35.3 Å². The van der Waals surface area contributed by atoms with Gasteiger partial charge in [-0.1, -0.05) is 31.5 Å². The highest BCUT2D eigenvalue weighted by atomic mass is 127. The van der Waals surface area contributed by atoms with Crippen molar-refractivity contribution in [2.45, 2.75) is 56.4 Å². The second kappa shape index (κ2) is 12.3. The minimum absolute atomic E-state index is 0. The predicted octanol–water partition coefficient (Wildman–Crippen LogP) is 3.74. The standard InChI is InChI=1S/C17H30N4OS2.HI/c1-3-18-15(19-9-6-11-23-16-20-10-12-24-16)21-13-17(2)8-5-4-7-14(17)22;/h10,12,14,22H,3-9,11,13H2,1-2H3,(H2,18,19,21);1H. The number of aliphatic hydroxyl groups is 1. The Morgan fingerprint density at radius 2 is 2.32 bits per heavy atom. The summed E-state index contributed by atoms with van der Waals surface area (Å²) < 4.78 is 1.13. The molecule has 5 nitrogen and oxygen atoms in total. The van der Waals surface area contributed by atoms with Crippen LogP contribution in [0.15, 0.2) is 20.9 Å². The van der Waals surface area contributed by atoms with E-state index < -0.39 is 0 Å². The number of nitrogens with zero attached hydrogens (tertiary/aromatic N) is 2. The van der Waals surface area contributed by atoms with Gasteiger partial charge >= 0.3 is 0 Å². The van der Waals surface area contributed by atoms with Crippen LogP contribution < -0.4 is 10.6 Å². The van der Waals surface area contributed by atoms with Crippen LogP contribution in [-0.4, -0.2) is 47.5 Å². The molecule has 0 spiro atoms. The van der Waals surface area contributed by atoms with E-state index >= 15 is 0 Å². The summed E-state index contributed by atoms with van der Waals surface area (Å²) in [6, 6.07) is 0. The normalized spacial score (nSPS) is 23.8. The molecule has 0 aliphatic heterocycles. The summed E-state index contributed by atoms with van der Waals surface area (Å²) in [5.74, 6) is 1.91. The van der Waals surface area contributed by atoms with Gasteiger partial charge < -0.3 is 15.7 Å². The lowest BCUT2D eigenvalue weighted by Gasteiger charge is -2.37. The number of guanidine groups is 1. The minimum Gasteiger partial charge on any atom is -0.392 e. The predicted molar refractivity (Wildman–Crippen MR) is 119 cm³/mol. The lowest BCUT2D eigenvalue weighted by Crippen LogP contribution is -2.42. The van der Waals surface area contributed by atoms with Gasteiger partial charge in [0.25, 0.3) is 0 Å². The summed E-state index contributed by atoms with van der Waals surface area (Å²) >= 11 is 3.49. The lowest BCUT2D eigenvalue weighted by atomic mass is 9.73. The molecule has 1 saturated carbocycles. The zero-order valence-electron chi connectivity index (χ0n) is 15.2. The number of rotatable bonds is 8. The number of nitrogens with one attached hydrogen (secondary N) is 2. The molecule has 1 aliphatic carbocycles. The fourth-order valence-corrected chi connectivity index (χ4v) is 4.53. The van der Waals surface area contributed by atoms with E-state index in [0.29, 0.717) is 6.54 Å². The molecule has 1 aromatic rings. The molecule has 1 aromatic heterocycles. The van der Waals surface area contributed by atoms with E-state index in [4.69, 9.17) is 4.99 Å². The first kappa shape index (κ1) is 23.0. The van der Waals surface area contributed by atoms with Crippen LogP contribution in [0.3, 0.4) is 0 Å². The molecule has 144 valence electrons. The summed E-state index contributed by atoms with van der Waals surface area (Å²) in [6.45, 7) is 6.65. The molecule has 1 aliphatic rings. The van der Waals surface area contributed by atoms with Crippen molar-refractivity contribution in [3.63, 3.8) is 0 Å². The van der Waals surface area contributed by atoms with E-state index in [2.05, 4.69) is 29.5 Å². The van der Waals surface area contributed by atoms with Crippen molar-refractivity contribution in [2.24, 2.45) is 10.4 Å². The molecule has 2 rings (SSSR count). The number of thioether (sulfide) groups is 1. The zero-order valence-corrected chi connectivity index (χ0v) is 19.1. The third-order valence-electron chi connectivity index (χ3n) is 4.47. The molecule has 25 heavy (non-hydrogen) atoms. The van der Waals surface area contributed by atoms with Crippen molar-refractivity contribution in [3.8, 4) is 0 Å². The number of aliphatic hydroxyl groups excluding tert-OH is 1. The van der Waals surface area contributed by atoms with Gasteiger partial charge in [-0.3, -0.25) is 4.99 Å². The van der Waals surface area contributed by atoms with Crippen LogP contribution >= 0.6 is 47.1 Å². The smallest absolute Gasteiger partial charge is 0.191 e. The van der Waals surface area contributed by atoms with Crippen LogP contribution in [0.2, 0.25) is 0 Å². The van der Waals surface area contributed by atoms with Gasteiger partial charge in [-0.05, 0) is 26.2 Å². The minimum atomic E-state index is -0.229. The number of halogens is 1. The number of hydrogen-bond acceptors (Lipinski definition) is 5. The SMILES string of the molecule is CCNC(=NCC1(C)CCCCC1O)NCCCSc1nccs1.I. The fourth-order valence-electron chi connectivity index (χ4n) is 2.89. The molecule has 0 saturated heterocycles. The van der Waals surface area contributed by atoms with Crippen molar-refractivity contribution in [1.29, 1.82) is 0 Å². The maximum atomic E-state index is 10.3. The Kier molecular flexibility index (Phi) is 11.4. The Bertz CT molecular complexity index is 501. The highest BCUT2D eigenvalue weighted by Gasteiger charge is 2.35. The van der Waals surface area contributed by atoms with Crippen LogP contribution in [0.5, 0.6) is 0 Å². The summed E-state index contributed by atoms with van der Waals surface area (Å²) in [5.41, 5.74) is -0.0820. The molecule has 0 bridgehead atoms. The maximum absolute atomic E-state index is 10.3. The van der Waals surface area contributed by atoms with Crippen LogP contribution in [0.1, 0.15) is 46.0 Å². The van der Waals surface area contributed by atoms with Gasteiger partial charge in [0, 0.05) is 35.8 Å². The molecule has 1 fully saturated rings. The Hall–Kier alpha value is -0.0600. The van der Waals surface area contributed by atoms with Gasteiger partial charge in [-0.2, -0.15) is 0 Å². The summed E-state index contributed by atoms with van der Waals surface area (Å²) in [5, 5.41) is 19.0. The number of hydrogen-bond donors (Lipinski definition) is 3. The average molecular weight is 498 g/mol. The maximum Gasteiger partial charge on any atom is 0.191 e. The van der Waals surface area contributed by atoms with E-state index in [9.17, 15) is 5.11 Å². The van der Waals surface area contributed by atoms with Crippen LogP contribution in [0.25, 0.3) is 0 Å². The molecule has 1 heterocycles. The Labute approximate surface area is 176 Å². The van der Waals surface area contributed by atoms with E-state index in [1.807, 2.05) is 11.6 Å². The second-order valence-electron chi connectivity index (χ2n) is 6.54. The number of aliphatic imine (C=N–C) groups is 1. The summed E-state index contributed by atoms with van der Waals surface area (Å²) in [7, 11) is 0. The van der Waals surface area contributed by atoms with Gasteiger partial charge in [0.05, 0.1) is 12.6 Å². The topological polar surface area (TPSA) is 69.5 Å². The van der Waals surface area contributed by atoms with E-state index in [1.165, 1.54) is 6.42 Å².